The van der Waals surface area contributed by atoms with Gasteiger partial charge in [-0.25, -0.2) is 9.18 Å². The van der Waals surface area contributed by atoms with Crippen LogP contribution >= 0.6 is 0 Å². The summed E-state index contributed by atoms with van der Waals surface area (Å²) in [6, 6.07) is 1.72. The Labute approximate surface area is 141 Å². The van der Waals surface area contributed by atoms with E-state index in [1.54, 1.807) is 12.3 Å². The summed E-state index contributed by atoms with van der Waals surface area (Å²) >= 11 is 0. The van der Waals surface area contributed by atoms with Crippen molar-refractivity contribution < 1.29 is 19.0 Å². The summed E-state index contributed by atoms with van der Waals surface area (Å²) in [6.07, 6.45) is 8.51. The van der Waals surface area contributed by atoms with Gasteiger partial charge in [-0.1, -0.05) is 6.08 Å². The minimum absolute atomic E-state index is 0.177. The number of aromatic nitrogens is 1. The molecule has 1 fully saturated rings. The number of pyridine rings is 1. The average Bonchev–Trinajstić information content (AvgIpc) is 2.61. The molecule has 0 bridgehead atoms. The first-order chi connectivity index (χ1) is 11.6. The van der Waals surface area contributed by atoms with E-state index < -0.39 is 6.09 Å². The van der Waals surface area contributed by atoms with Crippen LogP contribution in [0.5, 0.6) is 0 Å². The van der Waals surface area contributed by atoms with E-state index in [-0.39, 0.29) is 11.9 Å². The lowest BCUT2D eigenvalue weighted by Gasteiger charge is -2.31. The maximum absolute atomic E-state index is 13.8. The van der Waals surface area contributed by atoms with Crippen LogP contribution in [0.4, 0.5) is 9.18 Å². The maximum atomic E-state index is 13.8. The van der Waals surface area contributed by atoms with Crippen LogP contribution in [0.1, 0.15) is 37.7 Å². The molecular formula is C18H23FN2O3. The Balaban J connectivity index is 1.44. The standard InChI is InChI=1S/C18H23FN2O3/c19-17-11-20-8-5-16(17)14-1-3-15(4-2-14)24-12-13-6-9-21(10-7-13)18(22)23/h1,5,8,11,13,15H,2-4,6-7,9-10,12H2,(H,22,23). The molecule has 2 aliphatic rings. The molecule has 1 aliphatic carbocycles. The van der Waals surface area contributed by atoms with Crippen LogP contribution in [0.25, 0.3) is 5.57 Å². The molecule has 5 nitrogen and oxygen atoms in total. The Morgan fingerprint density at radius 1 is 1.38 bits per heavy atom. The Hall–Kier alpha value is -1.95. The highest BCUT2D eigenvalue weighted by Gasteiger charge is 2.24. The molecule has 24 heavy (non-hydrogen) atoms. The van der Waals surface area contributed by atoms with Gasteiger partial charge in [-0.05, 0) is 49.7 Å². The summed E-state index contributed by atoms with van der Waals surface area (Å²) in [5.41, 5.74) is 1.68. The van der Waals surface area contributed by atoms with Gasteiger partial charge in [-0.2, -0.15) is 0 Å². The number of ether oxygens (including phenoxy) is 1. The molecule has 1 N–H and O–H groups in total. The third-order valence-corrected chi connectivity index (χ3v) is 4.93. The topological polar surface area (TPSA) is 62.7 Å². The van der Waals surface area contributed by atoms with Gasteiger partial charge in [0.1, 0.15) is 5.82 Å². The highest BCUT2D eigenvalue weighted by Crippen LogP contribution is 2.30. The number of carboxylic acid groups (broad SMARTS) is 1. The first-order valence-electron chi connectivity index (χ1n) is 8.52. The van der Waals surface area contributed by atoms with Crippen LogP contribution in [0.3, 0.4) is 0 Å². The molecule has 1 atom stereocenters. The Morgan fingerprint density at radius 2 is 2.17 bits per heavy atom. The Kier molecular flexibility index (Phi) is 5.45. The smallest absolute Gasteiger partial charge is 0.407 e. The summed E-state index contributed by atoms with van der Waals surface area (Å²) < 4.78 is 19.8. The Morgan fingerprint density at radius 3 is 2.79 bits per heavy atom. The van der Waals surface area contributed by atoms with Crippen molar-refractivity contribution in [1.29, 1.82) is 0 Å². The van der Waals surface area contributed by atoms with E-state index in [9.17, 15) is 9.18 Å². The van der Waals surface area contributed by atoms with Crippen molar-refractivity contribution in [3.05, 3.63) is 35.9 Å². The fourth-order valence-electron chi connectivity index (χ4n) is 3.40. The molecule has 1 aromatic heterocycles. The minimum atomic E-state index is -0.831. The predicted molar refractivity (Wildman–Crippen MR) is 88.1 cm³/mol. The number of likely N-dealkylation sites (tertiary alicyclic amines) is 1. The van der Waals surface area contributed by atoms with E-state index in [2.05, 4.69) is 11.1 Å². The number of allylic oxidation sites excluding steroid dienone is 1. The number of rotatable bonds is 4. The number of hydrogen-bond acceptors (Lipinski definition) is 3. The summed E-state index contributed by atoms with van der Waals surface area (Å²) in [5, 5.41) is 8.95. The monoisotopic (exact) mass is 334 g/mol. The third kappa shape index (κ3) is 4.12. The molecule has 0 radical (unpaired) electrons. The quantitative estimate of drug-likeness (QED) is 0.914. The highest BCUT2D eigenvalue weighted by molar-refractivity contribution is 5.66. The second-order valence-corrected chi connectivity index (χ2v) is 6.53. The van der Waals surface area contributed by atoms with Crippen LogP contribution in [0.15, 0.2) is 24.5 Å². The largest absolute Gasteiger partial charge is 0.465 e. The number of piperidine rings is 1. The van der Waals surface area contributed by atoms with Gasteiger partial charge in [0.15, 0.2) is 0 Å². The van der Waals surface area contributed by atoms with Gasteiger partial charge in [0, 0.05) is 31.5 Å². The molecule has 3 rings (SSSR count). The van der Waals surface area contributed by atoms with E-state index in [1.807, 2.05) is 0 Å². The molecule has 1 aromatic rings. The fraction of sp³-hybridized carbons (Fsp3) is 0.556. The van der Waals surface area contributed by atoms with E-state index >= 15 is 0 Å². The van der Waals surface area contributed by atoms with Crippen molar-refractivity contribution in [1.82, 2.24) is 9.88 Å². The highest BCUT2D eigenvalue weighted by atomic mass is 19.1. The molecule has 0 saturated carbocycles. The zero-order valence-corrected chi connectivity index (χ0v) is 13.7. The van der Waals surface area contributed by atoms with E-state index in [0.29, 0.717) is 31.2 Å². The van der Waals surface area contributed by atoms with Crippen molar-refractivity contribution >= 4 is 11.7 Å². The van der Waals surface area contributed by atoms with Crippen LogP contribution in [-0.4, -0.2) is 46.9 Å². The molecule has 0 spiro atoms. The van der Waals surface area contributed by atoms with Gasteiger partial charge >= 0.3 is 6.09 Å². The second-order valence-electron chi connectivity index (χ2n) is 6.53. The normalized spacial score (nSPS) is 22.3. The first kappa shape index (κ1) is 16.9. The lowest BCUT2D eigenvalue weighted by Crippen LogP contribution is -2.38. The van der Waals surface area contributed by atoms with Crippen LogP contribution in [0, 0.1) is 11.7 Å². The molecule has 1 unspecified atom stereocenters. The van der Waals surface area contributed by atoms with Crippen molar-refractivity contribution in [2.75, 3.05) is 19.7 Å². The summed E-state index contributed by atoms with van der Waals surface area (Å²) in [7, 11) is 0. The molecule has 1 saturated heterocycles. The number of hydrogen-bond donors (Lipinski definition) is 1. The molecular weight excluding hydrogens is 311 g/mol. The zero-order valence-electron chi connectivity index (χ0n) is 13.7. The zero-order chi connectivity index (χ0) is 16.9. The van der Waals surface area contributed by atoms with Gasteiger partial charge in [-0.3, -0.25) is 4.98 Å². The van der Waals surface area contributed by atoms with Crippen molar-refractivity contribution in [3.8, 4) is 0 Å². The predicted octanol–water partition coefficient (Wildman–Crippen LogP) is 3.56. The molecule has 6 heteroatoms. The summed E-state index contributed by atoms with van der Waals surface area (Å²) in [6.45, 7) is 1.88. The molecule has 0 aromatic carbocycles. The van der Waals surface area contributed by atoms with Crippen molar-refractivity contribution in [2.24, 2.45) is 5.92 Å². The SMILES string of the molecule is O=C(O)N1CCC(COC2CC=C(c3ccncc3F)CC2)CC1. The van der Waals surface area contributed by atoms with E-state index in [4.69, 9.17) is 9.84 Å². The van der Waals surface area contributed by atoms with Crippen LogP contribution < -0.4 is 0 Å². The third-order valence-electron chi connectivity index (χ3n) is 4.93. The van der Waals surface area contributed by atoms with Gasteiger partial charge in [0.2, 0.25) is 0 Å². The van der Waals surface area contributed by atoms with E-state index in [0.717, 1.165) is 37.7 Å². The fourth-order valence-corrected chi connectivity index (χ4v) is 3.40. The number of carbonyl (C=O) groups is 1. The second kappa shape index (κ2) is 7.75. The van der Waals surface area contributed by atoms with Gasteiger partial charge in [0.05, 0.1) is 12.3 Å². The van der Waals surface area contributed by atoms with Gasteiger partial charge < -0.3 is 14.7 Å². The lowest BCUT2D eigenvalue weighted by atomic mass is 9.92. The van der Waals surface area contributed by atoms with E-state index in [1.165, 1.54) is 11.1 Å². The van der Waals surface area contributed by atoms with Gasteiger partial charge in [-0.15, -0.1) is 0 Å². The van der Waals surface area contributed by atoms with Gasteiger partial charge in [0.25, 0.3) is 0 Å². The molecule has 1 aliphatic heterocycles. The lowest BCUT2D eigenvalue weighted by molar-refractivity contribution is 0.0101. The first-order valence-corrected chi connectivity index (χ1v) is 8.52. The minimum Gasteiger partial charge on any atom is -0.465 e. The number of halogens is 1. The Bertz CT molecular complexity index is 612. The average molecular weight is 334 g/mol. The van der Waals surface area contributed by atoms with Crippen molar-refractivity contribution in [3.63, 3.8) is 0 Å². The summed E-state index contributed by atoms with van der Waals surface area (Å²) in [5.74, 6) is 0.164. The number of nitrogens with zero attached hydrogens (tertiary/aromatic N) is 2. The van der Waals surface area contributed by atoms with Crippen molar-refractivity contribution in [2.45, 2.75) is 38.2 Å². The molecule has 1 amide bonds. The maximum Gasteiger partial charge on any atom is 0.407 e. The molecule has 2 heterocycles. The van der Waals surface area contributed by atoms with Crippen LogP contribution in [-0.2, 0) is 4.74 Å². The summed E-state index contributed by atoms with van der Waals surface area (Å²) in [4.78, 5) is 16.1. The number of amides is 1. The van der Waals surface area contributed by atoms with Crippen LogP contribution in [0.2, 0.25) is 0 Å². The molecule has 130 valence electrons.